The van der Waals surface area contributed by atoms with E-state index >= 15 is 0 Å². The number of fused-ring (bicyclic) bond motifs is 1. The molecule has 0 radical (unpaired) electrons. The monoisotopic (exact) mass is 373 g/mol. The Bertz CT molecular complexity index is 1090. The van der Waals surface area contributed by atoms with Gasteiger partial charge in [0.25, 0.3) is 5.91 Å². The Hall–Kier alpha value is -2.84. The number of hydrogen-bond donors (Lipinski definition) is 1. The van der Waals surface area contributed by atoms with Crippen LogP contribution in [-0.2, 0) is 0 Å². The van der Waals surface area contributed by atoms with E-state index in [0.717, 1.165) is 0 Å². The number of carbonyl (C=O) groups excluding carboxylic acids is 1. The van der Waals surface area contributed by atoms with Crippen molar-refractivity contribution in [3.63, 3.8) is 0 Å². The van der Waals surface area contributed by atoms with Crippen LogP contribution < -0.4 is 5.32 Å². The number of nitrogens with one attached hydrogen (secondary N) is 1. The molecule has 25 heavy (non-hydrogen) atoms. The van der Waals surface area contributed by atoms with Crippen molar-refractivity contribution in [1.29, 1.82) is 0 Å². The number of rotatable bonds is 3. The molecule has 0 unspecified atom stereocenters. The quantitative estimate of drug-likeness (QED) is 0.591. The van der Waals surface area contributed by atoms with Crippen LogP contribution in [-0.4, -0.2) is 25.5 Å². The molecule has 4 rings (SSSR count). The molecule has 0 atom stereocenters. The van der Waals surface area contributed by atoms with Crippen LogP contribution in [0.3, 0.4) is 0 Å². The predicted molar refractivity (Wildman–Crippen MR) is 93.5 cm³/mol. The molecule has 0 aliphatic rings. The number of nitrogens with zero attached hydrogens (tertiary/aromatic N) is 4. The molecule has 1 aromatic carbocycles. The van der Waals surface area contributed by atoms with Crippen LogP contribution in [0.15, 0.2) is 48.1 Å². The first kappa shape index (κ1) is 15.7. The molecule has 0 aliphatic carbocycles. The van der Waals surface area contributed by atoms with E-state index in [-0.39, 0.29) is 16.5 Å². The van der Waals surface area contributed by atoms with Gasteiger partial charge in [-0.05, 0) is 18.2 Å². The zero-order chi connectivity index (χ0) is 17.4. The van der Waals surface area contributed by atoms with E-state index in [1.807, 2.05) is 0 Å². The van der Waals surface area contributed by atoms with Crippen molar-refractivity contribution in [1.82, 2.24) is 19.6 Å². The predicted octanol–water partition coefficient (Wildman–Crippen LogP) is 3.90. The van der Waals surface area contributed by atoms with Crippen molar-refractivity contribution in [3.8, 4) is 11.3 Å². The van der Waals surface area contributed by atoms with Gasteiger partial charge in [0.15, 0.2) is 16.5 Å². The molecule has 6 nitrogen and oxygen atoms in total. The molecule has 124 valence electrons. The summed E-state index contributed by atoms with van der Waals surface area (Å²) < 4.78 is 15.2. The topological polar surface area (TPSA) is 72.2 Å². The summed E-state index contributed by atoms with van der Waals surface area (Å²) in [5, 5.41) is 8.89. The minimum Gasteiger partial charge on any atom is -0.296 e. The molecule has 3 heterocycles. The fourth-order valence-electron chi connectivity index (χ4n) is 2.28. The van der Waals surface area contributed by atoms with Crippen LogP contribution in [0.2, 0.25) is 5.02 Å². The van der Waals surface area contributed by atoms with Crippen LogP contribution in [0.5, 0.6) is 0 Å². The number of aromatic nitrogens is 4. The van der Waals surface area contributed by atoms with Gasteiger partial charge in [-0.1, -0.05) is 23.7 Å². The fourth-order valence-corrected chi connectivity index (χ4v) is 3.25. The van der Waals surface area contributed by atoms with Crippen molar-refractivity contribution in [2.45, 2.75) is 0 Å². The highest BCUT2D eigenvalue weighted by Crippen LogP contribution is 2.28. The molecular weight excluding hydrogens is 365 g/mol. The van der Waals surface area contributed by atoms with Crippen molar-refractivity contribution >= 4 is 39.6 Å². The molecule has 0 bridgehead atoms. The standard InChI is InChI=1S/C16H9ClFN5OS/c17-12-13(22-23-7-3-6-19-14(12)23)15(24)21-16-20-11(8-25-16)9-4-1-2-5-10(9)18/h1-8H,(H,20,21,24). The lowest BCUT2D eigenvalue weighted by atomic mass is 10.2. The zero-order valence-electron chi connectivity index (χ0n) is 12.5. The van der Waals surface area contributed by atoms with E-state index in [9.17, 15) is 9.18 Å². The summed E-state index contributed by atoms with van der Waals surface area (Å²) in [6.07, 6.45) is 3.21. The van der Waals surface area contributed by atoms with Crippen LogP contribution in [0.1, 0.15) is 10.5 Å². The van der Waals surface area contributed by atoms with Gasteiger partial charge in [0.1, 0.15) is 10.8 Å². The summed E-state index contributed by atoms with van der Waals surface area (Å²) in [5.74, 6) is -0.884. The lowest BCUT2D eigenvalue weighted by molar-refractivity contribution is 0.102. The van der Waals surface area contributed by atoms with E-state index in [4.69, 9.17) is 11.6 Å². The Morgan fingerprint density at radius 2 is 2.12 bits per heavy atom. The third-order valence-electron chi connectivity index (χ3n) is 3.43. The fraction of sp³-hybridized carbons (Fsp3) is 0. The molecule has 0 saturated heterocycles. The van der Waals surface area contributed by atoms with E-state index in [1.54, 1.807) is 42.0 Å². The van der Waals surface area contributed by atoms with Gasteiger partial charge in [-0.2, -0.15) is 5.10 Å². The van der Waals surface area contributed by atoms with Gasteiger partial charge in [0.2, 0.25) is 0 Å². The van der Waals surface area contributed by atoms with E-state index < -0.39 is 5.91 Å². The second-order valence-corrected chi connectivity index (χ2v) is 6.26. The molecule has 1 amide bonds. The lowest BCUT2D eigenvalue weighted by Gasteiger charge is -1.99. The normalized spacial score (nSPS) is 11.0. The Labute approximate surface area is 149 Å². The first-order valence-corrected chi connectivity index (χ1v) is 8.40. The average Bonchev–Trinajstić information content (AvgIpc) is 3.20. The molecule has 3 aromatic heterocycles. The highest BCUT2D eigenvalue weighted by atomic mass is 35.5. The van der Waals surface area contributed by atoms with Gasteiger partial charge in [-0.3, -0.25) is 10.1 Å². The van der Waals surface area contributed by atoms with Gasteiger partial charge < -0.3 is 0 Å². The smallest absolute Gasteiger partial charge is 0.279 e. The summed E-state index contributed by atoms with van der Waals surface area (Å²) in [6.45, 7) is 0. The molecule has 0 aliphatic heterocycles. The van der Waals surface area contributed by atoms with Crippen molar-refractivity contribution in [2.75, 3.05) is 5.32 Å². The first-order chi connectivity index (χ1) is 12.1. The van der Waals surface area contributed by atoms with Crippen LogP contribution in [0.4, 0.5) is 9.52 Å². The summed E-state index contributed by atoms with van der Waals surface area (Å²) in [6, 6.07) is 7.99. The number of thiazole rings is 1. The number of benzene rings is 1. The van der Waals surface area contributed by atoms with Crippen LogP contribution in [0, 0.1) is 5.82 Å². The van der Waals surface area contributed by atoms with E-state index in [2.05, 4.69) is 20.4 Å². The minimum atomic E-state index is -0.509. The number of anilines is 1. The van der Waals surface area contributed by atoms with Gasteiger partial charge in [-0.15, -0.1) is 11.3 Å². The maximum Gasteiger partial charge on any atom is 0.279 e. The number of hydrogen-bond acceptors (Lipinski definition) is 5. The number of amides is 1. The summed E-state index contributed by atoms with van der Waals surface area (Å²) in [7, 11) is 0. The maximum atomic E-state index is 13.8. The van der Waals surface area contributed by atoms with Gasteiger partial charge in [0.05, 0.1) is 5.69 Å². The van der Waals surface area contributed by atoms with E-state index in [1.165, 1.54) is 21.9 Å². The highest BCUT2D eigenvalue weighted by Gasteiger charge is 2.20. The largest absolute Gasteiger partial charge is 0.296 e. The SMILES string of the molecule is O=C(Nc1nc(-c2ccccc2F)cs1)c1nn2cccnc2c1Cl. The number of carbonyl (C=O) groups is 1. The van der Waals surface area contributed by atoms with Gasteiger partial charge >= 0.3 is 0 Å². The Morgan fingerprint density at radius 3 is 2.92 bits per heavy atom. The summed E-state index contributed by atoms with van der Waals surface area (Å²) in [5.41, 5.74) is 1.25. The lowest BCUT2D eigenvalue weighted by Crippen LogP contribution is -2.13. The zero-order valence-corrected chi connectivity index (χ0v) is 14.1. The Balaban J connectivity index is 1.61. The molecule has 4 aromatic rings. The number of halogens is 2. The van der Waals surface area contributed by atoms with Crippen molar-refractivity contribution < 1.29 is 9.18 Å². The maximum absolute atomic E-state index is 13.8. The minimum absolute atomic E-state index is 0.0445. The molecule has 0 spiro atoms. The van der Waals surface area contributed by atoms with Gasteiger partial charge in [0, 0.05) is 23.3 Å². The second-order valence-electron chi connectivity index (χ2n) is 5.02. The summed E-state index contributed by atoms with van der Waals surface area (Å²) >= 11 is 7.35. The van der Waals surface area contributed by atoms with Gasteiger partial charge in [-0.25, -0.2) is 18.9 Å². The third-order valence-corrected chi connectivity index (χ3v) is 4.53. The molecule has 9 heteroatoms. The first-order valence-electron chi connectivity index (χ1n) is 7.14. The second kappa shape index (κ2) is 6.23. The highest BCUT2D eigenvalue weighted by molar-refractivity contribution is 7.14. The van der Waals surface area contributed by atoms with E-state index in [0.29, 0.717) is 22.0 Å². The molecule has 0 fully saturated rings. The van der Waals surface area contributed by atoms with Crippen molar-refractivity contribution in [2.24, 2.45) is 0 Å². The average molecular weight is 374 g/mol. The van der Waals surface area contributed by atoms with Crippen molar-refractivity contribution in [3.05, 3.63) is 64.6 Å². The van der Waals surface area contributed by atoms with Crippen LogP contribution in [0.25, 0.3) is 16.9 Å². The molecule has 1 N–H and O–H groups in total. The summed E-state index contributed by atoms with van der Waals surface area (Å²) in [4.78, 5) is 20.7. The third kappa shape index (κ3) is 2.86. The molecular formula is C16H9ClFN5OS. The molecule has 0 saturated carbocycles. The Morgan fingerprint density at radius 1 is 1.28 bits per heavy atom. The Kier molecular flexibility index (Phi) is 3.90. The van der Waals surface area contributed by atoms with Crippen LogP contribution >= 0.6 is 22.9 Å².